The fraction of sp³-hybridized carbons (Fsp3) is 0.333. The normalized spacial score (nSPS) is 9.55. The fourth-order valence-electron chi connectivity index (χ4n) is 0.622. The fourth-order valence-corrected chi connectivity index (χ4v) is 0.717. The molecule has 0 bridgehead atoms. The van der Waals surface area contributed by atoms with E-state index in [2.05, 4.69) is 15.3 Å². The quantitative estimate of drug-likeness (QED) is 0.645. The molecule has 0 radical (unpaired) electrons. The number of hydrogen-bond acceptors (Lipinski definition) is 2. The average molecular weight is 174 g/mol. The van der Waals surface area contributed by atoms with Gasteiger partial charge in [-0.05, 0) is 0 Å². The highest BCUT2D eigenvalue weighted by Gasteiger charge is 1.97. The van der Waals surface area contributed by atoms with Crippen LogP contribution in [0.15, 0.2) is 12.5 Å². The van der Waals surface area contributed by atoms with Gasteiger partial charge in [-0.25, -0.2) is 4.98 Å². The van der Waals surface area contributed by atoms with Gasteiger partial charge < -0.3 is 10.3 Å². The maximum Gasteiger partial charge on any atom is 0.235 e. The van der Waals surface area contributed by atoms with Gasteiger partial charge in [0.1, 0.15) is 5.88 Å². The molecule has 1 heterocycles. The Balaban J connectivity index is 2.29. The summed E-state index contributed by atoms with van der Waals surface area (Å²) in [4.78, 5) is 17.3. The van der Waals surface area contributed by atoms with Crippen LogP contribution in [-0.4, -0.2) is 21.8 Å². The van der Waals surface area contributed by atoms with E-state index in [4.69, 9.17) is 11.6 Å². The molecular weight excluding hydrogens is 166 g/mol. The number of hydrogen-bond donors (Lipinski definition) is 2. The van der Waals surface area contributed by atoms with Crippen molar-refractivity contribution in [2.75, 3.05) is 5.88 Å². The average Bonchev–Trinajstić information content (AvgIpc) is 2.52. The van der Waals surface area contributed by atoms with E-state index in [1.807, 2.05) is 0 Å². The summed E-state index contributed by atoms with van der Waals surface area (Å²) < 4.78 is 0. The minimum Gasteiger partial charge on any atom is -0.349 e. The summed E-state index contributed by atoms with van der Waals surface area (Å²) in [6, 6.07) is 0. The standard InChI is InChI=1S/C6H8ClN3O/c7-1-6(11)9-3-5-2-8-4-10-5/h2,4H,1,3H2,(H,8,10)(H,9,11). The van der Waals surface area contributed by atoms with Crippen molar-refractivity contribution >= 4 is 17.5 Å². The molecule has 0 aliphatic carbocycles. The second-order valence-corrected chi connectivity index (χ2v) is 2.25. The number of imidazole rings is 1. The number of nitrogens with one attached hydrogen (secondary N) is 2. The van der Waals surface area contributed by atoms with Gasteiger partial charge in [0, 0.05) is 6.20 Å². The minimum atomic E-state index is -0.179. The molecule has 0 unspecified atom stereocenters. The second kappa shape index (κ2) is 3.98. The van der Waals surface area contributed by atoms with Crippen molar-refractivity contribution in [3.05, 3.63) is 18.2 Å². The Labute approximate surface area is 69.0 Å². The van der Waals surface area contributed by atoms with Gasteiger partial charge in [-0.15, -0.1) is 11.6 Å². The molecule has 1 rings (SSSR count). The molecule has 0 spiro atoms. The summed E-state index contributed by atoms with van der Waals surface area (Å²) in [7, 11) is 0. The molecule has 0 aliphatic heterocycles. The van der Waals surface area contributed by atoms with Gasteiger partial charge in [0.2, 0.25) is 5.91 Å². The predicted molar refractivity (Wildman–Crippen MR) is 41.2 cm³/mol. The minimum absolute atomic E-state index is 0.00582. The molecule has 2 N–H and O–H groups in total. The van der Waals surface area contributed by atoms with E-state index in [-0.39, 0.29) is 11.8 Å². The molecular formula is C6H8ClN3O. The third-order valence-electron chi connectivity index (χ3n) is 1.15. The maximum absolute atomic E-state index is 10.6. The van der Waals surface area contributed by atoms with Crippen LogP contribution in [0.4, 0.5) is 0 Å². The first kappa shape index (κ1) is 8.07. The first-order chi connectivity index (χ1) is 5.33. The molecule has 5 heteroatoms. The van der Waals surface area contributed by atoms with Crippen LogP contribution in [0, 0.1) is 0 Å². The number of aromatic nitrogens is 2. The number of rotatable bonds is 3. The van der Waals surface area contributed by atoms with E-state index in [1.165, 1.54) is 0 Å². The summed E-state index contributed by atoms with van der Waals surface area (Å²) in [6.45, 7) is 0.450. The summed E-state index contributed by atoms with van der Waals surface area (Å²) in [5, 5.41) is 2.59. The number of nitrogens with zero attached hydrogens (tertiary/aromatic N) is 1. The molecule has 1 amide bonds. The van der Waals surface area contributed by atoms with Gasteiger partial charge in [-0.1, -0.05) is 0 Å². The summed E-state index contributed by atoms with van der Waals surface area (Å²) in [5.74, 6) is -0.185. The van der Waals surface area contributed by atoms with Gasteiger partial charge in [0.15, 0.2) is 0 Å². The molecule has 0 aromatic carbocycles. The van der Waals surface area contributed by atoms with Crippen LogP contribution in [0.2, 0.25) is 0 Å². The van der Waals surface area contributed by atoms with E-state index in [9.17, 15) is 4.79 Å². The molecule has 1 aromatic rings. The van der Waals surface area contributed by atoms with Crippen LogP contribution in [0.1, 0.15) is 5.69 Å². The van der Waals surface area contributed by atoms with Crippen LogP contribution in [0.5, 0.6) is 0 Å². The Bertz CT molecular complexity index is 222. The summed E-state index contributed by atoms with van der Waals surface area (Å²) in [5.41, 5.74) is 0.864. The van der Waals surface area contributed by atoms with Crippen molar-refractivity contribution in [3.63, 3.8) is 0 Å². The monoisotopic (exact) mass is 173 g/mol. The Hall–Kier alpha value is -1.03. The molecule has 0 atom stereocenters. The molecule has 0 saturated heterocycles. The SMILES string of the molecule is O=C(CCl)NCc1cnc[nH]1. The van der Waals surface area contributed by atoms with Crippen LogP contribution < -0.4 is 5.32 Å². The van der Waals surface area contributed by atoms with Crippen molar-refractivity contribution in [3.8, 4) is 0 Å². The van der Waals surface area contributed by atoms with Gasteiger partial charge in [-0.3, -0.25) is 4.79 Å². The first-order valence-electron chi connectivity index (χ1n) is 3.13. The van der Waals surface area contributed by atoms with Crippen LogP contribution >= 0.6 is 11.6 Å². The number of amides is 1. The van der Waals surface area contributed by atoms with E-state index < -0.39 is 0 Å². The lowest BCUT2D eigenvalue weighted by Crippen LogP contribution is -2.23. The lowest BCUT2D eigenvalue weighted by molar-refractivity contribution is -0.118. The Kier molecular flexibility index (Phi) is 2.92. The summed E-state index contributed by atoms with van der Waals surface area (Å²) >= 11 is 5.25. The van der Waals surface area contributed by atoms with Crippen LogP contribution in [-0.2, 0) is 11.3 Å². The highest BCUT2D eigenvalue weighted by molar-refractivity contribution is 6.27. The van der Waals surface area contributed by atoms with Crippen LogP contribution in [0.3, 0.4) is 0 Å². The van der Waals surface area contributed by atoms with Crippen molar-refractivity contribution in [2.45, 2.75) is 6.54 Å². The van der Waals surface area contributed by atoms with Crippen molar-refractivity contribution in [2.24, 2.45) is 0 Å². The smallest absolute Gasteiger partial charge is 0.235 e. The maximum atomic E-state index is 10.6. The lowest BCUT2D eigenvalue weighted by atomic mass is 10.5. The molecule has 0 aliphatic rings. The van der Waals surface area contributed by atoms with E-state index in [0.29, 0.717) is 6.54 Å². The Morgan fingerprint density at radius 2 is 2.64 bits per heavy atom. The largest absolute Gasteiger partial charge is 0.349 e. The molecule has 4 nitrogen and oxygen atoms in total. The number of carbonyl (C=O) groups excluding carboxylic acids is 1. The zero-order chi connectivity index (χ0) is 8.10. The van der Waals surface area contributed by atoms with Crippen LogP contribution in [0.25, 0.3) is 0 Å². The highest BCUT2D eigenvalue weighted by atomic mass is 35.5. The summed E-state index contributed by atoms with van der Waals surface area (Å²) in [6.07, 6.45) is 3.21. The van der Waals surface area contributed by atoms with Gasteiger partial charge in [-0.2, -0.15) is 0 Å². The topological polar surface area (TPSA) is 57.8 Å². The zero-order valence-electron chi connectivity index (χ0n) is 5.80. The lowest BCUT2D eigenvalue weighted by Gasteiger charge is -1.98. The van der Waals surface area contributed by atoms with Crippen molar-refractivity contribution in [1.29, 1.82) is 0 Å². The first-order valence-corrected chi connectivity index (χ1v) is 3.66. The van der Waals surface area contributed by atoms with E-state index >= 15 is 0 Å². The molecule has 0 fully saturated rings. The Morgan fingerprint density at radius 1 is 1.82 bits per heavy atom. The van der Waals surface area contributed by atoms with E-state index in [0.717, 1.165) is 5.69 Å². The van der Waals surface area contributed by atoms with Gasteiger partial charge in [0.25, 0.3) is 0 Å². The molecule has 1 aromatic heterocycles. The number of aromatic amines is 1. The number of H-pyrrole nitrogens is 1. The Morgan fingerprint density at radius 3 is 3.18 bits per heavy atom. The third-order valence-corrected chi connectivity index (χ3v) is 1.39. The van der Waals surface area contributed by atoms with Crippen molar-refractivity contribution in [1.82, 2.24) is 15.3 Å². The van der Waals surface area contributed by atoms with E-state index in [1.54, 1.807) is 12.5 Å². The molecule has 60 valence electrons. The van der Waals surface area contributed by atoms with Gasteiger partial charge in [0.05, 0.1) is 18.6 Å². The highest BCUT2D eigenvalue weighted by Crippen LogP contribution is 1.88. The molecule has 0 saturated carbocycles. The second-order valence-electron chi connectivity index (χ2n) is 1.99. The van der Waals surface area contributed by atoms with Gasteiger partial charge >= 0.3 is 0 Å². The number of alkyl halides is 1. The molecule has 11 heavy (non-hydrogen) atoms. The number of carbonyl (C=O) groups is 1. The third kappa shape index (κ3) is 2.59. The van der Waals surface area contributed by atoms with Crippen molar-refractivity contribution < 1.29 is 4.79 Å². The predicted octanol–water partition coefficient (Wildman–Crippen LogP) is 0.265. The zero-order valence-corrected chi connectivity index (χ0v) is 6.56. The number of halogens is 1.